The third-order valence-electron chi connectivity index (χ3n) is 3.28. The Morgan fingerprint density at radius 1 is 1.27 bits per heavy atom. The Morgan fingerprint density at radius 3 is 2.13 bits per heavy atom. The second kappa shape index (κ2) is 2.77. The fourth-order valence-electron chi connectivity index (χ4n) is 2.24. The lowest BCUT2D eigenvalue weighted by Crippen LogP contribution is -2.86. The number of halogens is 4. The van der Waals surface area contributed by atoms with E-state index in [1.807, 2.05) is 0 Å². The molecule has 1 unspecified atom stereocenters. The number of hydrogen-bond donors (Lipinski definition) is 1. The molecule has 3 nitrogen and oxygen atoms in total. The number of ether oxygens (including phenoxy) is 1. The van der Waals surface area contributed by atoms with Crippen molar-refractivity contribution in [1.29, 1.82) is 0 Å². The number of alkyl halides is 4. The van der Waals surface area contributed by atoms with Gasteiger partial charge in [0.05, 0.1) is 0 Å². The maximum Gasteiger partial charge on any atom is 0.199 e. The number of Topliss-reactive ketones (excluding diaryl/α,β-unsaturated/α-hetero) is 1. The van der Waals surface area contributed by atoms with E-state index in [0.717, 1.165) is 0 Å². The average Bonchev–Trinajstić information content (AvgIpc) is 2.28. The minimum absolute atomic E-state index is 0.605. The Hall–Kier alpha value is 0.750. The second-order valence-electron chi connectivity index (χ2n) is 4.02. The molecule has 0 aromatic rings. The first-order valence-corrected chi connectivity index (χ1v) is 5.75. The van der Waals surface area contributed by atoms with Gasteiger partial charge in [0, 0.05) is 0 Å². The van der Waals surface area contributed by atoms with Crippen LogP contribution in [0, 0.1) is 0 Å². The molecule has 1 N–H and O–H groups in total. The lowest BCUT2D eigenvalue weighted by Gasteiger charge is -2.63. The van der Waals surface area contributed by atoms with E-state index in [4.69, 9.17) is 51.1 Å². The molecular formula is C8H8Cl4O3. The molecule has 1 aliphatic heterocycles. The Kier molecular flexibility index (Phi) is 2.25. The van der Waals surface area contributed by atoms with Gasteiger partial charge in [-0.25, -0.2) is 0 Å². The van der Waals surface area contributed by atoms with Crippen LogP contribution in [-0.4, -0.2) is 36.9 Å². The van der Waals surface area contributed by atoms with E-state index in [0.29, 0.717) is 0 Å². The molecule has 86 valence electrons. The highest BCUT2D eigenvalue weighted by Gasteiger charge is 2.92. The zero-order valence-corrected chi connectivity index (χ0v) is 10.9. The zero-order valence-electron chi connectivity index (χ0n) is 7.85. The van der Waals surface area contributed by atoms with Crippen LogP contribution in [0.2, 0.25) is 0 Å². The van der Waals surface area contributed by atoms with Crippen LogP contribution in [-0.2, 0) is 9.53 Å². The van der Waals surface area contributed by atoms with Crippen LogP contribution in [0.25, 0.3) is 0 Å². The van der Waals surface area contributed by atoms with E-state index < -0.39 is 31.8 Å². The van der Waals surface area contributed by atoms with Crippen molar-refractivity contribution in [2.24, 2.45) is 0 Å². The highest BCUT2D eigenvalue weighted by molar-refractivity contribution is 6.67. The van der Waals surface area contributed by atoms with Crippen molar-refractivity contribution >= 4 is 52.2 Å². The molecule has 15 heavy (non-hydrogen) atoms. The highest BCUT2D eigenvalue weighted by Crippen LogP contribution is 2.73. The van der Waals surface area contributed by atoms with Gasteiger partial charge in [-0.3, -0.25) is 4.79 Å². The summed E-state index contributed by atoms with van der Waals surface area (Å²) < 4.78 is 1.57. The van der Waals surface area contributed by atoms with Crippen molar-refractivity contribution in [3.63, 3.8) is 0 Å². The standard InChI is InChI=1S/C8H8Cl4O3/c1-3-4(13)6(14)5(2,15-3)7(9,10)8(6,11)12/h3,14H,1-2H3/t3?,5-,6-/m0/s1. The fourth-order valence-corrected chi connectivity index (χ4v) is 3.78. The van der Waals surface area contributed by atoms with Crippen molar-refractivity contribution in [3.8, 4) is 0 Å². The number of carbonyl (C=O) groups excluding carboxylic acids is 1. The molecule has 0 amide bonds. The number of rotatable bonds is 0. The van der Waals surface area contributed by atoms with Gasteiger partial charge in [-0.05, 0) is 13.8 Å². The number of fused-ring (bicyclic) bond motifs is 1. The van der Waals surface area contributed by atoms with E-state index in [-0.39, 0.29) is 0 Å². The van der Waals surface area contributed by atoms with Crippen LogP contribution in [0.3, 0.4) is 0 Å². The molecule has 3 atom stereocenters. The summed E-state index contributed by atoms with van der Waals surface area (Å²) in [4.78, 5) is 11.7. The van der Waals surface area contributed by atoms with Crippen LogP contribution in [0.15, 0.2) is 0 Å². The third kappa shape index (κ3) is 0.895. The molecule has 0 aromatic carbocycles. The Balaban J connectivity index is 2.60. The van der Waals surface area contributed by atoms with Gasteiger partial charge in [0.25, 0.3) is 0 Å². The van der Waals surface area contributed by atoms with Gasteiger partial charge in [-0.2, -0.15) is 0 Å². The molecule has 1 saturated carbocycles. The van der Waals surface area contributed by atoms with Gasteiger partial charge in [0.2, 0.25) is 0 Å². The molecule has 2 fully saturated rings. The second-order valence-corrected chi connectivity index (χ2v) is 6.67. The average molecular weight is 294 g/mol. The predicted octanol–water partition coefficient (Wildman–Crippen LogP) is 1.83. The molecule has 1 saturated heterocycles. The minimum Gasteiger partial charge on any atom is -0.376 e. The summed E-state index contributed by atoms with van der Waals surface area (Å²) >= 11 is 23.5. The van der Waals surface area contributed by atoms with E-state index in [2.05, 4.69) is 0 Å². The van der Waals surface area contributed by atoms with E-state index in [9.17, 15) is 9.90 Å². The molecule has 2 aliphatic rings. The van der Waals surface area contributed by atoms with Crippen molar-refractivity contribution < 1.29 is 14.6 Å². The maximum atomic E-state index is 11.7. The lowest BCUT2D eigenvalue weighted by atomic mass is 9.63. The molecular weight excluding hydrogens is 286 g/mol. The number of ketones is 1. The Labute approximate surface area is 107 Å². The van der Waals surface area contributed by atoms with Gasteiger partial charge >= 0.3 is 0 Å². The van der Waals surface area contributed by atoms with E-state index >= 15 is 0 Å². The monoisotopic (exact) mass is 292 g/mol. The topological polar surface area (TPSA) is 46.5 Å². The van der Waals surface area contributed by atoms with Crippen LogP contribution >= 0.6 is 46.4 Å². The summed E-state index contributed by atoms with van der Waals surface area (Å²) in [6, 6.07) is 0. The zero-order chi connectivity index (χ0) is 11.9. The Morgan fingerprint density at radius 2 is 1.73 bits per heavy atom. The molecule has 0 bridgehead atoms. The third-order valence-corrected chi connectivity index (χ3v) is 6.07. The molecule has 0 radical (unpaired) electrons. The molecule has 2 rings (SSSR count). The molecule has 0 spiro atoms. The SMILES string of the molecule is CC1O[C@]2(C)C(Cl)(Cl)C(Cl)(Cl)[C@]2(O)C1=O. The van der Waals surface area contributed by atoms with Crippen molar-refractivity contribution in [2.45, 2.75) is 39.8 Å². The molecule has 7 heteroatoms. The summed E-state index contributed by atoms with van der Waals surface area (Å²) in [6.45, 7) is 2.90. The van der Waals surface area contributed by atoms with Gasteiger partial charge in [0.15, 0.2) is 20.1 Å². The number of hydrogen-bond acceptors (Lipinski definition) is 3. The summed E-state index contributed by atoms with van der Waals surface area (Å²) in [5.41, 5.74) is -3.55. The Bertz CT molecular complexity index is 356. The number of carbonyl (C=O) groups is 1. The predicted molar refractivity (Wildman–Crippen MR) is 57.8 cm³/mol. The van der Waals surface area contributed by atoms with Gasteiger partial charge < -0.3 is 9.84 Å². The normalized spacial score (nSPS) is 51.1. The maximum absolute atomic E-state index is 11.7. The molecule has 1 aliphatic carbocycles. The summed E-state index contributed by atoms with van der Waals surface area (Å²) in [7, 11) is 0. The van der Waals surface area contributed by atoms with Gasteiger partial charge in [-0.15, -0.1) is 0 Å². The van der Waals surface area contributed by atoms with Crippen LogP contribution in [0.1, 0.15) is 13.8 Å². The smallest absolute Gasteiger partial charge is 0.199 e. The van der Waals surface area contributed by atoms with Crippen molar-refractivity contribution in [3.05, 3.63) is 0 Å². The summed E-state index contributed by atoms with van der Waals surface area (Å²) in [6.07, 6.45) is -0.837. The van der Waals surface area contributed by atoms with Crippen LogP contribution in [0.4, 0.5) is 0 Å². The largest absolute Gasteiger partial charge is 0.376 e. The van der Waals surface area contributed by atoms with Crippen molar-refractivity contribution in [1.82, 2.24) is 0 Å². The highest BCUT2D eigenvalue weighted by atomic mass is 35.5. The van der Waals surface area contributed by atoms with Gasteiger partial charge in [0.1, 0.15) is 11.7 Å². The van der Waals surface area contributed by atoms with Crippen molar-refractivity contribution in [2.75, 3.05) is 0 Å². The summed E-state index contributed by atoms with van der Waals surface area (Å²) in [5.74, 6) is -0.605. The number of aliphatic hydroxyl groups is 1. The lowest BCUT2D eigenvalue weighted by molar-refractivity contribution is -0.200. The van der Waals surface area contributed by atoms with E-state index in [1.165, 1.54) is 13.8 Å². The summed E-state index contributed by atoms with van der Waals surface area (Å²) in [5, 5.41) is 10.2. The van der Waals surface area contributed by atoms with Gasteiger partial charge in [-0.1, -0.05) is 46.4 Å². The first kappa shape index (κ1) is 12.2. The first-order valence-electron chi connectivity index (χ1n) is 4.24. The van der Waals surface area contributed by atoms with Crippen LogP contribution < -0.4 is 0 Å². The molecule has 0 aromatic heterocycles. The minimum atomic E-state index is -2.06. The molecule has 1 heterocycles. The quantitative estimate of drug-likeness (QED) is 0.693. The van der Waals surface area contributed by atoms with Crippen LogP contribution in [0.5, 0.6) is 0 Å². The fraction of sp³-hybridized carbons (Fsp3) is 0.875. The first-order chi connectivity index (χ1) is 6.54. The van der Waals surface area contributed by atoms with E-state index in [1.54, 1.807) is 0 Å².